The van der Waals surface area contributed by atoms with Crippen LogP contribution < -0.4 is 4.74 Å². The first kappa shape index (κ1) is 16.8. The number of carbonyl (C=O) groups excluding carboxylic acids is 1. The van der Waals surface area contributed by atoms with Crippen molar-refractivity contribution in [1.29, 1.82) is 0 Å². The Bertz CT molecular complexity index is 882. The normalized spacial score (nSPS) is 33.9. The van der Waals surface area contributed by atoms with Crippen LogP contribution in [-0.4, -0.2) is 35.0 Å². The van der Waals surface area contributed by atoms with Crippen molar-refractivity contribution in [1.82, 2.24) is 9.88 Å². The fraction of sp³-hybridized carbons (Fsp3) is 0.583. The summed E-state index contributed by atoms with van der Waals surface area (Å²) in [5, 5.41) is 1.12. The number of rotatable bonds is 4. The number of nitrogens with zero attached hydrogens (tertiary/aromatic N) is 2. The number of ether oxygens (including phenoxy) is 1. The van der Waals surface area contributed by atoms with Gasteiger partial charge in [-0.15, -0.1) is 0 Å². The highest BCUT2D eigenvalue weighted by Gasteiger charge is 2.52. The fourth-order valence-electron chi connectivity index (χ4n) is 6.94. The van der Waals surface area contributed by atoms with Crippen LogP contribution in [0.2, 0.25) is 0 Å². The fourth-order valence-corrected chi connectivity index (χ4v) is 6.94. The highest BCUT2D eigenvalue weighted by atomic mass is 16.5. The van der Waals surface area contributed by atoms with Crippen molar-refractivity contribution in [2.45, 2.75) is 51.0 Å². The molecule has 4 heteroatoms. The summed E-state index contributed by atoms with van der Waals surface area (Å²) in [6, 6.07) is 12.1. The number of likely N-dealkylation sites (tertiary alicyclic amines) is 1. The Labute approximate surface area is 166 Å². The molecule has 5 aliphatic rings. The van der Waals surface area contributed by atoms with Crippen LogP contribution in [0.5, 0.6) is 5.88 Å². The van der Waals surface area contributed by atoms with Gasteiger partial charge in [0, 0.05) is 17.9 Å². The minimum Gasteiger partial charge on any atom is -0.471 e. The van der Waals surface area contributed by atoms with E-state index < -0.39 is 0 Å². The molecular weight excluding hydrogens is 348 g/mol. The Kier molecular flexibility index (Phi) is 3.72. The van der Waals surface area contributed by atoms with Gasteiger partial charge in [-0.3, -0.25) is 4.79 Å². The molecule has 4 bridgehead atoms. The number of carbonyl (C=O) groups is 1. The summed E-state index contributed by atoms with van der Waals surface area (Å²) in [5.74, 6) is 3.74. The molecular formula is C24H28N2O2. The topological polar surface area (TPSA) is 42.4 Å². The van der Waals surface area contributed by atoms with Gasteiger partial charge in [-0.2, -0.15) is 0 Å². The Balaban J connectivity index is 1.06. The zero-order chi connectivity index (χ0) is 18.7. The van der Waals surface area contributed by atoms with Crippen LogP contribution in [0.15, 0.2) is 36.4 Å². The SMILES string of the molecule is O=C(CC12CC3CC(CC(C3)C1)C2)N1CC(Oc2ccc3ccccc3n2)C1. The van der Waals surface area contributed by atoms with Gasteiger partial charge >= 0.3 is 0 Å². The summed E-state index contributed by atoms with van der Waals surface area (Å²) in [7, 11) is 0. The molecule has 4 nitrogen and oxygen atoms in total. The number of hydrogen-bond acceptors (Lipinski definition) is 3. The molecule has 4 saturated carbocycles. The van der Waals surface area contributed by atoms with E-state index in [1.54, 1.807) is 0 Å². The van der Waals surface area contributed by atoms with Crippen LogP contribution in [0, 0.1) is 23.2 Å². The van der Waals surface area contributed by atoms with Crippen LogP contribution in [0.1, 0.15) is 44.9 Å². The zero-order valence-corrected chi connectivity index (χ0v) is 16.3. The zero-order valence-electron chi connectivity index (χ0n) is 16.3. The molecule has 1 aliphatic heterocycles. The Morgan fingerprint density at radius 2 is 1.68 bits per heavy atom. The number of aromatic nitrogens is 1. The molecule has 0 radical (unpaired) electrons. The smallest absolute Gasteiger partial charge is 0.223 e. The van der Waals surface area contributed by atoms with Gasteiger partial charge in [-0.05, 0) is 73.8 Å². The second kappa shape index (κ2) is 6.20. The monoisotopic (exact) mass is 376 g/mol. The van der Waals surface area contributed by atoms with Gasteiger partial charge in [0.1, 0.15) is 6.10 Å². The molecule has 1 amide bonds. The first-order valence-electron chi connectivity index (χ1n) is 10.9. The minimum absolute atomic E-state index is 0.0778. The van der Waals surface area contributed by atoms with E-state index in [0.29, 0.717) is 30.3 Å². The number of amides is 1. The Hall–Kier alpha value is -2.10. The molecule has 4 aliphatic carbocycles. The van der Waals surface area contributed by atoms with Crippen LogP contribution in [0.25, 0.3) is 10.9 Å². The number of pyridine rings is 1. The number of hydrogen-bond donors (Lipinski definition) is 0. The number of para-hydroxylation sites is 1. The lowest BCUT2D eigenvalue weighted by molar-refractivity contribution is -0.148. The first-order valence-corrected chi connectivity index (χ1v) is 10.9. The van der Waals surface area contributed by atoms with Crippen molar-refractivity contribution >= 4 is 16.8 Å². The number of fused-ring (bicyclic) bond motifs is 1. The van der Waals surface area contributed by atoms with E-state index in [-0.39, 0.29) is 6.10 Å². The van der Waals surface area contributed by atoms with E-state index in [1.807, 2.05) is 35.2 Å². The predicted octanol–water partition coefficient (Wildman–Crippen LogP) is 4.43. The summed E-state index contributed by atoms with van der Waals surface area (Å²) in [6.07, 6.45) is 9.08. The highest BCUT2D eigenvalue weighted by molar-refractivity contribution is 5.79. The molecule has 1 aromatic carbocycles. The molecule has 0 N–H and O–H groups in total. The van der Waals surface area contributed by atoms with E-state index >= 15 is 0 Å². The van der Waals surface area contributed by atoms with Crippen molar-refractivity contribution in [3.8, 4) is 5.88 Å². The van der Waals surface area contributed by atoms with Gasteiger partial charge in [0.2, 0.25) is 11.8 Å². The Morgan fingerprint density at radius 1 is 1.00 bits per heavy atom. The summed E-state index contributed by atoms with van der Waals surface area (Å²) in [6.45, 7) is 1.42. The third kappa shape index (κ3) is 2.89. The summed E-state index contributed by atoms with van der Waals surface area (Å²) in [5.41, 5.74) is 1.28. The predicted molar refractivity (Wildman–Crippen MR) is 108 cm³/mol. The van der Waals surface area contributed by atoms with Crippen LogP contribution in [0.3, 0.4) is 0 Å². The summed E-state index contributed by atoms with van der Waals surface area (Å²) in [4.78, 5) is 19.5. The van der Waals surface area contributed by atoms with Gasteiger partial charge in [-0.1, -0.05) is 18.2 Å². The van der Waals surface area contributed by atoms with Gasteiger partial charge in [0.05, 0.1) is 18.6 Å². The first-order chi connectivity index (χ1) is 13.6. The molecule has 7 rings (SSSR count). The van der Waals surface area contributed by atoms with Crippen molar-refractivity contribution in [3.63, 3.8) is 0 Å². The van der Waals surface area contributed by atoms with Crippen molar-refractivity contribution < 1.29 is 9.53 Å². The van der Waals surface area contributed by atoms with E-state index in [1.165, 1.54) is 38.5 Å². The van der Waals surface area contributed by atoms with Crippen LogP contribution in [0.4, 0.5) is 0 Å². The van der Waals surface area contributed by atoms with Gasteiger partial charge in [0.15, 0.2) is 0 Å². The lowest BCUT2D eigenvalue weighted by Gasteiger charge is -2.57. The largest absolute Gasteiger partial charge is 0.471 e. The van der Waals surface area contributed by atoms with E-state index in [0.717, 1.165) is 35.1 Å². The molecule has 0 spiro atoms. The number of benzene rings is 1. The van der Waals surface area contributed by atoms with Gasteiger partial charge in [0.25, 0.3) is 0 Å². The highest BCUT2D eigenvalue weighted by Crippen LogP contribution is 2.61. The third-order valence-electron chi connectivity index (χ3n) is 7.75. The molecule has 1 aromatic heterocycles. The lowest BCUT2D eigenvalue weighted by Crippen LogP contribution is -2.58. The third-order valence-corrected chi connectivity index (χ3v) is 7.75. The van der Waals surface area contributed by atoms with Crippen molar-refractivity contribution in [2.75, 3.05) is 13.1 Å². The summed E-state index contributed by atoms with van der Waals surface area (Å²) >= 11 is 0. The average Bonchev–Trinajstić information content (AvgIpc) is 2.62. The van der Waals surface area contributed by atoms with Crippen LogP contribution in [-0.2, 0) is 4.79 Å². The van der Waals surface area contributed by atoms with Gasteiger partial charge in [-0.25, -0.2) is 4.98 Å². The molecule has 0 atom stereocenters. The quantitative estimate of drug-likeness (QED) is 0.793. The van der Waals surface area contributed by atoms with Gasteiger partial charge < -0.3 is 9.64 Å². The standard InChI is InChI=1S/C24H28N2O2/c27-23(13-24-10-16-7-17(11-24)9-18(8-16)12-24)26-14-20(15-26)28-22-6-5-19-3-1-2-4-21(19)25-22/h1-6,16-18,20H,7-15H2. The lowest BCUT2D eigenvalue weighted by atomic mass is 9.49. The maximum Gasteiger partial charge on any atom is 0.223 e. The van der Waals surface area contributed by atoms with E-state index in [4.69, 9.17) is 4.74 Å². The molecule has 2 aromatic rings. The molecule has 0 unspecified atom stereocenters. The van der Waals surface area contributed by atoms with E-state index in [2.05, 4.69) is 11.1 Å². The van der Waals surface area contributed by atoms with E-state index in [9.17, 15) is 4.79 Å². The molecule has 28 heavy (non-hydrogen) atoms. The molecule has 2 heterocycles. The summed E-state index contributed by atoms with van der Waals surface area (Å²) < 4.78 is 6.03. The molecule has 1 saturated heterocycles. The van der Waals surface area contributed by atoms with Crippen molar-refractivity contribution in [2.24, 2.45) is 23.2 Å². The molecule has 146 valence electrons. The second-order valence-electron chi connectivity index (χ2n) is 9.98. The maximum absolute atomic E-state index is 12.9. The van der Waals surface area contributed by atoms with Crippen molar-refractivity contribution in [3.05, 3.63) is 36.4 Å². The van der Waals surface area contributed by atoms with Crippen LogP contribution >= 0.6 is 0 Å². The maximum atomic E-state index is 12.9. The Morgan fingerprint density at radius 3 is 2.39 bits per heavy atom. The molecule has 5 fully saturated rings. The minimum atomic E-state index is 0.0778. The second-order valence-corrected chi connectivity index (χ2v) is 9.98. The average molecular weight is 377 g/mol.